The Balaban J connectivity index is 2.94. The fourth-order valence-electron chi connectivity index (χ4n) is 0.760. The summed E-state index contributed by atoms with van der Waals surface area (Å²) in [6.45, 7) is 2.13. The van der Waals surface area contributed by atoms with E-state index in [-0.39, 0.29) is 0 Å². The van der Waals surface area contributed by atoms with Gasteiger partial charge in [0.2, 0.25) is 0 Å². The molecule has 50 valence electrons. The Labute approximate surface area is 68.4 Å². The summed E-state index contributed by atoms with van der Waals surface area (Å²) >= 11 is 2.35. The zero-order chi connectivity index (χ0) is 6.85. The molecule has 1 unspecified atom stereocenters. The first kappa shape index (κ1) is 7.05. The lowest BCUT2D eigenvalue weighted by atomic mass is 10.5. The number of aryl methyl sites for hydroxylation is 1. The minimum Gasteiger partial charge on any atom is -0.337 e. The summed E-state index contributed by atoms with van der Waals surface area (Å²) in [5.74, 6) is 1.13. The molecule has 0 bridgehead atoms. The number of rotatable bonds is 1. The minimum atomic E-state index is 0.502. The molecular formula is C6H9IN2. The van der Waals surface area contributed by atoms with Gasteiger partial charge in [0.25, 0.3) is 0 Å². The first-order valence-electron chi connectivity index (χ1n) is 2.83. The first-order chi connectivity index (χ1) is 4.22. The molecule has 0 aliphatic rings. The van der Waals surface area contributed by atoms with E-state index >= 15 is 0 Å². The van der Waals surface area contributed by atoms with E-state index in [0.717, 1.165) is 5.82 Å². The Morgan fingerprint density at radius 3 is 2.67 bits per heavy atom. The van der Waals surface area contributed by atoms with Crippen molar-refractivity contribution in [3.8, 4) is 0 Å². The largest absolute Gasteiger partial charge is 0.337 e. The monoisotopic (exact) mass is 236 g/mol. The SMILES string of the molecule is CC(I)c1nccn1C. The number of imidazole rings is 1. The number of alkyl halides is 1. The fraction of sp³-hybridized carbons (Fsp3) is 0.500. The zero-order valence-corrected chi connectivity index (χ0v) is 7.66. The molecule has 2 nitrogen and oxygen atoms in total. The van der Waals surface area contributed by atoms with Crippen LogP contribution in [0.2, 0.25) is 0 Å². The van der Waals surface area contributed by atoms with Gasteiger partial charge in [-0.25, -0.2) is 4.98 Å². The highest BCUT2D eigenvalue weighted by atomic mass is 127. The Morgan fingerprint density at radius 2 is 2.44 bits per heavy atom. The van der Waals surface area contributed by atoms with Gasteiger partial charge in [0.15, 0.2) is 0 Å². The van der Waals surface area contributed by atoms with Crippen molar-refractivity contribution in [2.24, 2.45) is 7.05 Å². The predicted octanol–water partition coefficient (Wildman–Crippen LogP) is 1.92. The van der Waals surface area contributed by atoms with Crippen molar-refractivity contribution in [1.82, 2.24) is 9.55 Å². The third-order valence-corrected chi connectivity index (χ3v) is 1.77. The van der Waals surface area contributed by atoms with Crippen LogP contribution in [0.25, 0.3) is 0 Å². The molecule has 0 fully saturated rings. The topological polar surface area (TPSA) is 17.8 Å². The zero-order valence-electron chi connectivity index (χ0n) is 5.50. The number of hydrogen-bond acceptors (Lipinski definition) is 1. The molecule has 0 aromatic carbocycles. The number of nitrogens with zero attached hydrogens (tertiary/aromatic N) is 2. The number of aromatic nitrogens is 2. The lowest BCUT2D eigenvalue weighted by Crippen LogP contribution is -1.95. The molecule has 0 amide bonds. The van der Waals surface area contributed by atoms with Crippen LogP contribution in [0.1, 0.15) is 16.7 Å². The van der Waals surface area contributed by atoms with Gasteiger partial charge in [-0.2, -0.15) is 0 Å². The molecule has 1 heterocycles. The molecule has 0 saturated carbocycles. The molecule has 0 aliphatic heterocycles. The lowest BCUT2D eigenvalue weighted by Gasteiger charge is -2.00. The van der Waals surface area contributed by atoms with Crippen LogP contribution in [0.3, 0.4) is 0 Å². The van der Waals surface area contributed by atoms with Gasteiger partial charge in [-0.05, 0) is 6.92 Å². The second-order valence-electron chi connectivity index (χ2n) is 2.01. The molecular weight excluding hydrogens is 227 g/mol. The van der Waals surface area contributed by atoms with Crippen LogP contribution < -0.4 is 0 Å². The summed E-state index contributed by atoms with van der Waals surface area (Å²) in [7, 11) is 2.01. The summed E-state index contributed by atoms with van der Waals surface area (Å²) in [5.41, 5.74) is 0. The third kappa shape index (κ3) is 1.44. The maximum atomic E-state index is 4.17. The molecule has 0 aliphatic carbocycles. The molecule has 3 heteroatoms. The summed E-state index contributed by atoms with van der Waals surface area (Å²) in [4.78, 5) is 4.17. The van der Waals surface area contributed by atoms with E-state index in [4.69, 9.17) is 0 Å². The maximum Gasteiger partial charge on any atom is 0.121 e. The van der Waals surface area contributed by atoms with Crippen molar-refractivity contribution in [3.63, 3.8) is 0 Å². The highest BCUT2D eigenvalue weighted by Gasteiger charge is 2.03. The van der Waals surface area contributed by atoms with E-state index in [1.54, 1.807) is 0 Å². The van der Waals surface area contributed by atoms with Crippen molar-refractivity contribution >= 4 is 22.6 Å². The Bertz CT molecular complexity index is 193. The fourth-order valence-corrected chi connectivity index (χ4v) is 1.36. The molecule has 1 aromatic heterocycles. The first-order valence-corrected chi connectivity index (χ1v) is 4.07. The maximum absolute atomic E-state index is 4.17. The molecule has 9 heavy (non-hydrogen) atoms. The van der Waals surface area contributed by atoms with Crippen molar-refractivity contribution < 1.29 is 0 Å². The Hall–Kier alpha value is -0.0600. The molecule has 1 rings (SSSR count). The number of halogens is 1. The summed E-state index contributed by atoms with van der Waals surface area (Å²) in [6, 6.07) is 0. The van der Waals surface area contributed by atoms with Crippen LogP contribution in [0.4, 0.5) is 0 Å². The van der Waals surface area contributed by atoms with Gasteiger partial charge in [0.1, 0.15) is 5.82 Å². The standard InChI is InChI=1S/C6H9IN2/c1-5(7)6-8-3-4-9(6)2/h3-5H,1-2H3. The van der Waals surface area contributed by atoms with Crippen LogP contribution in [-0.4, -0.2) is 9.55 Å². The summed E-state index contributed by atoms with van der Waals surface area (Å²) in [6.07, 6.45) is 3.79. The van der Waals surface area contributed by atoms with Crippen LogP contribution in [0.15, 0.2) is 12.4 Å². The smallest absolute Gasteiger partial charge is 0.121 e. The van der Waals surface area contributed by atoms with E-state index in [0.29, 0.717) is 3.92 Å². The highest BCUT2D eigenvalue weighted by Crippen LogP contribution is 2.18. The highest BCUT2D eigenvalue weighted by molar-refractivity contribution is 14.1. The molecule has 0 spiro atoms. The normalized spacial score (nSPS) is 13.7. The van der Waals surface area contributed by atoms with Crippen LogP contribution >= 0.6 is 22.6 Å². The summed E-state index contributed by atoms with van der Waals surface area (Å²) < 4.78 is 2.54. The summed E-state index contributed by atoms with van der Waals surface area (Å²) in [5, 5.41) is 0. The Kier molecular flexibility index (Phi) is 2.10. The van der Waals surface area contributed by atoms with Gasteiger partial charge >= 0.3 is 0 Å². The molecule has 1 atom stereocenters. The third-order valence-electron chi connectivity index (χ3n) is 1.21. The van der Waals surface area contributed by atoms with E-state index in [2.05, 4.69) is 34.5 Å². The van der Waals surface area contributed by atoms with Crippen LogP contribution in [-0.2, 0) is 7.05 Å². The number of hydrogen-bond donors (Lipinski definition) is 0. The van der Waals surface area contributed by atoms with E-state index < -0.39 is 0 Å². The van der Waals surface area contributed by atoms with E-state index in [1.165, 1.54) is 0 Å². The quantitative estimate of drug-likeness (QED) is 0.538. The average molecular weight is 236 g/mol. The molecule has 1 aromatic rings. The van der Waals surface area contributed by atoms with E-state index in [9.17, 15) is 0 Å². The second kappa shape index (κ2) is 2.68. The second-order valence-corrected chi connectivity index (χ2v) is 3.88. The predicted molar refractivity (Wildman–Crippen MR) is 45.6 cm³/mol. The Morgan fingerprint density at radius 1 is 1.78 bits per heavy atom. The minimum absolute atomic E-state index is 0.502. The lowest BCUT2D eigenvalue weighted by molar-refractivity contribution is 0.810. The van der Waals surface area contributed by atoms with Gasteiger partial charge in [0, 0.05) is 19.4 Å². The van der Waals surface area contributed by atoms with Gasteiger partial charge in [-0.3, -0.25) is 0 Å². The molecule has 0 radical (unpaired) electrons. The van der Waals surface area contributed by atoms with Crippen molar-refractivity contribution in [2.45, 2.75) is 10.8 Å². The molecule has 0 saturated heterocycles. The van der Waals surface area contributed by atoms with Crippen LogP contribution in [0.5, 0.6) is 0 Å². The van der Waals surface area contributed by atoms with Crippen molar-refractivity contribution in [2.75, 3.05) is 0 Å². The van der Waals surface area contributed by atoms with Gasteiger partial charge in [-0.1, -0.05) is 22.6 Å². The average Bonchev–Trinajstić information content (AvgIpc) is 2.13. The van der Waals surface area contributed by atoms with Gasteiger partial charge < -0.3 is 4.57 Å². The van der Waals surface area contributed by atoms with Crippen molar-refractivity contribution in [3.05, 3.63) is 18.2 Å². The van der Waals surface area contributed by atoms with Crippen molar-refractivity contribution in [1.29, 1.82) is 0 Å². The van der Waals surface area contributed by atoms with E-state index in [1.807, 2.05) is 24.0 Å². The van der Waals surface area contributed by atoms with Gasteiger partial charge in [-0.15, -0.1) is 0 Å². The molecule has 0 N–H and O–H groups in total. The van der Waals surface area contributed by atoms with Gasteiger partial charge in [0.05, 0.1) is 3.92 Å². The van der Waals surface area contributed by atoms with Crippen LogP contribution in [0, 0.1) is 0 Å².